The van der Waals surface area contributed by atoms with Crippen LogP contribution < -0.4 is 10.1 Å². The van der Waals surface area contributed by atoms with Gasteiger partial charge in [0.25, 0.3) is 5.91 Å². The Labute approximate surface area is 183 Å². The number of anilines is 1. The second-order valence-electron chi connectivity index (χ2n) is 7.28. The van der Waals surface area contributed by atoms with Crippen LogP contribution in [0, 0.1) is 20.8 Å². The number of nitrogens with one attached hydrogen (secondary N) is 1. The number of carbonyl (C=O) groups excluding carboxylic acids is 1. The first kappa shape index (κ1) is 20.2. The third kappa shape index (κ3) is 3.83. The molecule has 4 rings (SSSR count). The van der Waals surface area contributed by atoms with Crippen LogP contribution in [0.15, 0.2) is 57.4 Å². The van der Waals surface area contributed by atoms with Gasteiger partial charge in [-0.3, -0.25) is 4.79 Å². The van der Waals surface area contributed by atoms with E-state index in [0.29, 0.717) is 22.9 Å². The fraction of sp³-hybridized carbons (Fsp3) is 0.167. The lowest BCUT2D eigenvalue weighted by atomic mass is 10.1. The molecule has 30 heavy (non-hydrogen) atoms. The molecule has 0 saturated carbocycles. The number of methoxy groups -OCH3 is 1. The fourth-order valence-corrected chi connectivity index (χ4v) is 3.98. The number of halogens is 1. The van der Waals surface area contributed by atoms with Crippen LogP contribution in [0.25, 0.3) is 22.6 Å². The molecule has 1 aromatic heterocycles. The first-order valence-electron chi connectivity index (χ1n) is 9.49. The summed E-state index contributed by atoms with van der Waals surface area (Å²) in [6.45, 7) is 5.86. The first-order valence-corrected chi connectivity index (χ1v) is 10.3. The average molecular weight is 465 g/mol. The minimum Gasteiger partial charge on any atom is -0.496 e. The molecule has 0 aliphatic heterocycles. The third-order valence-electron chi connectivity index (χ3n) is 4.96. The van der Waals surface area contributed by atoms with E-state index in [1.165, 1.54) is 0 Å². The van der Waals surface area contributed by atoms with Crippen molar-refractivity contribution in [2.45, 2.75) is 20.8 Å². The molecule has 0 aliphatic rings. The number of aromatic nitrogens is 1. The van der Waals surface area contributed by atoms with Gasteiger partial charge in [0.15, 0.2) is 5.58 Å². The van der Waals surface area contributed by atoms with Crippen LogP contribution in [-0.4, -0.2) is 18.0 Å². The zero-order valence-electron chi connectivity index (χ0n) is 17.2. The maximum absolute atomic E-state index is 13.0. The molecule has 1 amide bonds. The average Bonchev–Trinajstić information content (AvgIpc) is 3.12. The molecule has 4 aromatic rings. The second-order valence-corrected chi connectivity index (χ2v) is 8.19. The molecule has 0 unspecified atom stereocenters. The van der Waals surface area contributed by atoms with E-state index in [1.54, 1.807) is 13.2 Å². The number of fused-ring (bicyclic) bond motifs is 1. The van der Waals surface area contributed by atoms with Gasteiger partial charge in [0, 0.05) is 15.7 Å². The highest BCUT2D eigenvalue weighted by molar-refractivity contribution is 9.10. The summed E-state index contributed by atoms with van der Waals surface area (Å²) in [6, 6.07) is 15.3. The van der Waals surface area contributed by atoms with E-state index in [1.807, 2.05) is 63.2 Å². The summed E-state index contributed by atoms with van der Waals surface area (Å²) in [5.74, 6) is 0.825. The molecule has 0 atom stereocenters. The summed E-state index contributed by atoms with van der Waals surface area (Å²) in [5.41, 5.74) is 6.42. The molecular weight excluding hydrogens is 444 g/mol. The highest BCUT2D eigenvalue weighted by Crippen LogP contribution is 2.31. The number of rotatable bonds is 4. The molecular formula is C24H21BrN2O3. The summed E-state index contributed by atoms with van der Waals surface area (Å²) in [6.07, 6.45) is 0. The number of ether oxygens (including phenoxy) is 1. The molecule has 0 fully saturated rings. The Kier molecular flexibility index (Phi) is 5.35. The van der Waals surface area contributed by atoms with Crippen molar-refractivity contribution < 1.29 is 13.9 Å². The lowest BCUT2D eigenvalue weighted by Gasteiger charge is -2.14. The van der Waals surface area contributed by atoms with E-state index < -0.39 is 0 Å². The van der Waals surface area contributed by atoms with Crippen LogP contribution in [-0.2, 0) is 0 Å². The Morgan fingerprint density at radius 2 is 1.83 bits per heavy atom. The van der Waals surface area contributed by atoms with Crippen LogP contribution in [0.2, 0.25) is 0 Å². The number of carbonyl (C=O) groups is 1. The van der Waals surface area contributed by atoms with E-state index in [0.717, 1.165) is 37.8 Å². The van der Waals surface area contributed by atoms with Crippen molar-refractivity contribution >= 4 is 38.6 Å². The van der Waals surface area contributed by atoms with E-state index in [4.69, 9.17) is 9.15 Å². The number of nitrogens with zero attached hydrogens (tertiary/aromatic N) is 1. The molecule has 152 valence electrons. The van der Waals surface area contributed by atoms with Gasteiger partial charge in [-0.1, -0.05) is 28.1 Å². The van der Waals surface area contributed by atoms with Crippen molar-refractivity contribution in [3.63, 3.8) is 0 Å². The topological polar surface area (TPSA) is 64.4 Å². The van der Waals surface area contributed by atoms with Crippen molar-refractivity contribution in [1.29, 1.82) is 0 Å². The monoisotopic (exact) mass is 464 g/mol. The van der Waals surface area contributed by atoms with Gasteiger partial charge >= 0.3 is 0 Å². The smallest absolute Gasteiger partial charge is 0.259 e. The quantitative estimate of drug-likeness (QED) is 0.377. The summed E-state index contributed by atoms with van der Waals surface area (Å²) >= 11 is 3.45. The SMILES string of the molecule is COc1c(C)cc(Br)cc1C(=O)Nc1cc(-c2nc3ccc(C)cc3o2)ccc1C. The number of hydrogen-bond acceptors (Lipinski definition) is 4. The van der Waals surface area contributed by atoms with Crippen molar-refractivity contribution in [1.82, 2.24) is 4.98 Å². The highest BCUT2D eigenvalue weighted by atomic mass is 79.9. The number of aryl methyl sites for hydroxylation is 3. The van der Waals surface area contributed by atoms with Crippen molar-refractivity contribution in [2.24, 2.45) is 0 Å². The molecule has 1 heterocycles. The van der Waals surface area contributed by atoms with Crippen LogP contribution >= 0.6 is 15.9 Å². The Balaban J connectivity index is 1.69. The standard InChI is InChI=1S/C24H21BrN2O3/c1-13-5-8-19-21(9-13)30-24(27-19)16-7-6-14(2)20(11-16)26-23(28)18-12-17(25)10-15(3)22(18)29-4/h5-12H,1-4H3,(H,26,28). The van der Waals surface area contributed by atoms with Gasteiger partial charge in [-0.2, -0.15) is 0 Å². The molecule has 3 aromatic carbocycles. The molecule has 0 saturated heterocycles. The van der Waals surface area contributed by atoms with Crippen LogP contribution in [0.5, 0.6) is 5.75 Å². The van der Waals surface area contributed by atoms with Crippen LogP contribution in [0.3, 0.4) is 0 Å². The molecule has 6 heteroatoms. The van der Waals surface area contributed by atoms with Crippen LogP contribution in [0.1, 0.15) is 27.0 Å². The Morgan fingerprint density at radius 3 is 2.60 bits per heavy atom. The molecule has 0 spiro atoms. The van der Waals surface area contributed by atoms with Crippen molar-refractivity contribution in [3.8, 4) is 17.2 Å². The lowest BCUT2D eigenvalue weighted by molar-refractivity contribution is 0.102. The van der Waals surface area contributed by atoms with Crippen molar-refractivity contribution in [2.75, 3.05) is 12.4 Å². The molecule has 0 bridgehead atoms. The summed E-state index contributed by atoms with van der Waals surface area (Å²) in [5, 5.41) is 3.00. The third-order valence-corrected chi connectivity index (χ3v) is 5.42. The number of benzene rings is 3. The summed E-state index contributed by atoms with van der Waals surface area (Å²) in [7, 11) is 1.56. The van der Waals surface area contributed by atoms with Gasteiger partial charge < -0.3 is 14.5 Å². The number of hydrogen-bond donors (Lipinski definition) is 1. The molecule has 0 radical (unpaired) electrons. The number of oxazole rings is 1. The predicted octanol–water partition coefficient (Wildman–Crippen LogP) is 6.44. The van der Waals surface area contributed by atoms with Crippen molar-refractivity contribution in [3.05, 3.63) is 75.3 Å². The fourth-order valence-electron chi connectivity index (χ4n) is 3.40. The summed E-state index contributed by atoms with van der Waals surface area (Å²) < 4.78 is 12.2. The minimum atomic E-state index is -0.246. The van der Waals surface area contributed by atoms with E-state index in [9.17, 15) is 4.79 Å². The van der Waals surface area contributed by atoms with Gasteiger partial charge in [0.2, 0.25) is 5.89 Å². The van der Waals surface area contributed by atoms with E-state index in [2.05, 4.69) is 26.2 Å². The zero-order valence-corrected chi connectivity index (χ0v) is 18.8. The van der Waals surface area contributed by atoms with Gasteiger partial charge in [-0.15, -0.1) is 0 Å². The Bertz CT molecular complexity index is 1280. The molecule has 0 aliphatic carbocycles. The predicted molar refractivity (Wildman–Crippen MR) is 122 cm³/mol. The zero-order chi connectivity index (χ0) is 21.4. The largest absolute Gasteiger partial charge is 0.496 e. The Hall–Kier alpha value is -3.12. The van der Waals surface area contributed by atoms with Gasteiger partial charge in [-0.25, -0.2) is 4.98 Å². The lowest BCUT2D eigenvalue weighted by Crippen LogP contribution is -2.14. The normalized spacial score (nSPS) is 11.0. The maximum Gasteiger partial charge on any atom is 0.259 e. The maximum atomic E-state index is 13.0. The van der Waals surface area contributed by atoms with E-state index in [-0.39, 0.29) is 5.91 Å². The minimum absolute atomic E-state index is 0.246. The Morgan fingerprint density at radius 1 is 1.03 bits per heavy atom. The van der Waals surface area contributed by atoms with Gasteiger partial charge in [-0.05, 0) is 73.9 Å². The van der Waals surface area contributed by atoms with Gasteiger partial charge in [0.05, 0.1) is 12.7 Å². The molecule has 1 N–H and O–H groups in total. The molecule has 5 nitrogen and oxygen atoms in total. The van der Waals surface area contributed by atoms with E-state index >= 15 is 0 Å². The first-order chi connectivity index (χ1) is 14.4. The van der Waals surface area contributed by atoms with Crippen LogP contribution in [0.4, 0.5) is 5.69 Å². The van der Waals surface area contributed by atoms with Gasteiger partial charge in [0.1, 0.15) is 11.3 Å². The number of amides is 1. The summed E-state index contributed by atoms with van der Waals surface area (Å²) in [4.78, 5) is 17.6. The second kappa shape index (κ2) is 7.95. The highest BCUT2D eigenvalue weighted by Gasteiger charge is 2.17.